The van der Waals surface area contributed by atoms with Gasteiger partial charge in [-0.25, -0.2) is 4.79 Å². The van der Waals surface area contributed by atoms with E-state index < -0.39 is 5.97 Å². The third-order valence-corrected chi connectivity index (χ3v) is 4.93. The van der Waals surface area contributed by atoms with E-state index in [4.69, 9.17) is 5.11 Å². The molecule has 1 aromatic carbocycles. The average molecular weight is 332 g/mol. The maximum absolute atomic E-state index is 12.1. The van der Waals surface area contributed by atoms with Gasteiger partial charge >= 0.3 is 12.0 Å². The predicted octanol–water partition coefficient (Wildman–Crippen LogP) is 3.37. The summed E-state index contributed by atoms with van der Waals surface area (Å²) < 4.78 is 0. The summed E-state index contributed by atoms with van der Waals surface area (Å²) in [5, 5.41) is 15.0. The Morgan fingerprint density at radius 2 is 1.75 bits per heavy atom. The fraction of sp³-hybridized carbons (Fsp3) is 0.579. The molecule has 1 aromatic rings. The molecule has 1 atom stereocenters. The highest BCUT2D eigenvalue weighted by Crippen LogP contribution is 2.25. The van der Waals surface area contributed by atoms with Crippen LogP contribution in [0.1, 0.15) is 51.0 Å². The molecule has 1 unspecified atom stereocenters. The number of urea groups is 1. The Kier molecular flexibility index (Phi) is 6.64. The van der Waals surface area contributed by atoms with Crippen molar-refractivity contribution in [3.63, 3.8) is 0 Å². The van der Waals surface area contributed by atoms with Crippen molar-refractivity contribution in [2.75, 3.05) is 6.54 Å². The quantitative estimate of drug-likeness (QED) is 0.747. The Morgan fingerprint density at radius 3 is 2.29 bits per heavy atom. The molecule has 0 heterocycles. The topological polar surface area (TPSA) is 78.4 Å². The maximum atomic E-state index is 12.1. The van der Waals surface area contributed by atoms with Crippen LogP contribution in [0.15, 0.2) is 30.3 Å². The molecule has 0 bridgehead atoms. The number of hydrogen-bond acceptors (Lipinski definition) is 2. The van der Waals surface area contributed by atoms with E-state index in [0.717, 1.165) is 12.8 Å². The molecule has 1 fully saturated rings. The molecule has 24 heavy (non-hydrogen) atoms. The molecule has 1 saturated carbocycles. The van der Waals surface area contributed by atoms with E-state index in [-0.39, 0.29) is 23.9 Å². The van der Waals surface area contributed by atoms with Crippen molar-refractivity contribution in [3.8, 4) is 0 Å². The summed E-state index contributed by atoms with van der Waals surface area (Å²) >= 11 is 0. The standard InChI is InChI=1S/C19H28N2O3/c1-13(2)17(14-6-4-3-5-7-14)12-20-19(24)21-16-10-8-15(9-11-16)18(22)23/h3-7,13,15-17H,8-12H2,1-2H3,(H,22,23)(H2,20,21,24). The molecule has 2 rings (SSSR count). The first-order valence-electron chi connectivity index (χ1n) is 8.79. The van der Waals surface area contributed by atoms with Gasteiger partial charge in [-0.05, 0) is 37.2 Å². The number of nitrogens with one attached hydrogen (secondary N) is 2. The van der Waals surface area contributed by atoms with Crippen LogP contribution in [0.3, 0.4) is 0 Å². The lowest BCUT2D eigenvalue weighted by atomic mass is 9.86. The van der Waals surface area contributed by atoms with Gasteiger partial charge in [0.1, 0.15) is 0 Å². The fourth-order valence-electron chi connectivity index (χ4n) is 3.36. The van der Waals surface area contributed by atoms with Crippen LogP contribution in [0, 0.1) is 11.8 Å². The Morgan fingerprint density at radius 1 is 1.12 bits per heavy atom. The van der Waals surface area contributed by atoms with E-state index in [2.05, 4.69) is 36.6 Å². The van der Waals surface area contributed by atoms with Crippen LogP contribution < -0.4 is 10.6 Å². The van der Waals surface area contributed by atoms with Crippen LogP contribution in [-0.4, -0.2) is 29.7 Å². The molecule has 5 nitrogen and oxygen atoms in total. The highest BCUT2D eigenvalue weighted by atomic mass is 16.4. The summed E-state index contributed by atoms with van der Waals surface area (Å²) in [6.07, 6.45) is 2.74. The zero-order chi connectivity index (χ0) is 17.5. The first-order valence-corrected chi connectivity index (χ1v) is 8.79. The second kappa shape index (κ2) is 8.71. The summed E-state index contributed by atoms with van der Waals surface area (Å²) in [6, 6.07) is 10.1. The van der Waals surface area contributed by atoms with E-state index >= 15 is 0 Å². The number of carboxylic acids is 1. The number of carbonyl (C=O) groups excluding carboxylic acids is 1. The van der Waals surface area contributed by atoms with E-state index in [1.165, 1.54) is 5.56 Å². The molecule has 0 radical (unpaired) electrons. The second-order valence-electron chi connectivity index (χ2n) is 7.00. The summed E-state index contributed by atoms with van der Waals surface area (Å²) in [7, 11) is 0. The van der Waals surface area contributed by atoms with Crippen LogP contribution in [0.5, 0.6) is 0 Å². The lowest BCUT2D eigenvalue weighted by Gasteiger charge is -2.27. The largest absolute Gasteiger partial charge is 0.481 e. The van der Waals surface area contributed by atoms with Crippen molar-refractivity contribution < 1.29 is 14.7 Å². The zero-order valence-corrected chi connectivity index (χ0v) is 14.5. The minimum atomic E-state index is -0.722. The molecule has 3 N–H and O–H groups in total. The Hall–Kier alpha value is -2.04. The van der Waals surface area contributed by atoms with Gasteiger partial charge < -0.3 is 15.7 Å². The number of benzene rings is 1. The van der Waals surface area contributed by atoms with Crippen molar-refractivity contribution >= 4 is 12.0 Å². The van der Waals surface area contributed by atoms with Crippen LogP contribution >= 0.6 is 0 Å². The molecule has 2 amide bonds. The maximum Gasteiger partial charge on any atom is 0.315 e. The van der Waals surface area contributed by atoms with Gasteiger partial charge in [-0.2, -0.15) is 0 Å². The molecule has 132 valence electrons. The lowest BCUT2D eigenvalue weighted by Crippen LogP contribution is -2.45. The third-order valence-electron chi connectivity index (χ3n) is 4.93. The molecule has 1 aliphatic rings. The highest BCUT2D eigenvalue weighted by molar-refractivity contribution is 5.74. The smallest absolute Gasteiger partial charge is 0.315 e. The first kappa shape index (κ1) is 18.3. The van der Waals surface area contributed by atoms with E-state index in [9.17, 15) is 9.59 Å². The van der Waals surface area contributed by atoms with Gasteiger partial charge in [0.25, 0.3) is 0 Å². The normalized spacial score (nSPS) is 22.0. The summed E-state index contributed by atoms with van der Waals surface area (Å²) in [5.41, 5.74) is 1.23. The Bertz CT molecular complexity index is 537. The van der Waals surface area contributed by atoms with Crippen molar-refractivity contribution in [1.82, 2.24) is 10.6 Å². The molecule has 5 heteroatoms. The molecule has 0 aromatic heterocycles. The van der Waals surface area contributed by atoms with Gasteiger partial charge in [0.05, 0.1) is 5.92 Å². The summed E-state index contributed by atoms with van der Waals surface area (Å²) in [6.45, 7) is 4.91. The SMILES string of the molecule is CC(C)C(CNC(=O)NC1CCC(C(=O)O)CC1)c1ccccc1. The van der Waals surface area contributed by atoms with Gasteiger partial charge in [0.2, 0.25) is 0 Å². The highest BCUT2D eigenvalue weighted by Gasteiger charge is 2.26. The Labute approximate surface area is 143 Å². The van der Waals surface area contributed by atoms with Gasteiger partial charge in [-0.3, -0.25) is 4.79 Å². The number of carboxylic acid groups (broad SMARTS) is 1. The van der Waals surface area contributed by atoms with E-state index in [1.54, 1.807) is 0 Å². The van der Waals surface area contributed by atoms with Gasteiger partial charge in [0, 0.05) is 18.5 Å². The minimum absolute atomic E-state index is 0.0785. The van der Waals surface area contributed by atoms with E-state index in [1.807, 2.05) is 18.2 Å². The number of amides is 2. The minimum Gasteiger partial charge on any atom is -0.481 e. The van der Waals surface area contributed by atoms with Crippen molar-refractivity contribution in [3.05, 3.63) is 35.9 Å². The van der Waals surface area contributed by atoms with E-state index in [0.29, 0.717) is 25.3 Å². The predicted molar refractivity (Wildman–Crippen MR) is 93.9 cm³/mol. The zero-order valence-electron chi connectivity index (χ0n) is 14.5. The number of carbonyl (C=O) groups is 2. The molecular weight excluding hydrogens is 304 g/mol. The third kappa shape index (κ3) is 5.25. The fourth-order valence-corrected chi connectivity index (χ4v) is 3.36. The monoisotopic (exact) mass is 332 g/mol. The number of rotatable bonds is 6. The lowest BCUT2D eigenvalue weighted by molar-refractivity contribution is -0.142. The first-order chi connectivity index (χ1) is 11.5. The number of aliphatic carboxylic acids is 1. The van der Waals surface area contributed by atoms with Gasteiger partial charge in [-0.1, -0.05) is 44.2 Å². The second-order valence-corrected chi connectivity index (χ2v) is 7.00. The van der Waals surface area contributed by atoms with Gasteiger partial charge in [-0.15, -0.1) is 0 Å². The van der Waals surface area contributed by atoms with Gasteiger partial charge in [0.15, 0.2) is 0 Å². The van der Waals surface area contributed by atoms with Crippen molar-refractivity contribution in [2.45, 2.75) is 51.5 Å². The van der Waals surface area contributed by atoms with Crippen molar-refractivity contribution in [2.24, 2.45) is 11.8 Å². The molecular formula is C19H28N2O3. The molecule has 1 aliphatic carbocycles. The average Bonchev–Trinajstić information content (AvgIpc) is 2.56. The van der Waals surface area contributed by atoms with Crippen LogP contribution in [-0.2, 0) is 4.79 Å². The van der Waals surface area contributed by atoms with Crippen molar-refractivity contribution in [1.29, 1.82) is 0 Å². The summed E-state index contributed by atoms with van der Waals surface area (Å²) in [5.74, 6) is -0.270. The summed E-state index contributed by atoms with van der Waals surface area (Å²) in [4.78, 5) is 23.1. The van der Waals surface area contributed by atoms with Crippen LogP contribution in [0.25, 0.3) is 0 Å². The molecule has 0 aliphatic heterocycles. The van der Waals surface area contributed by atoms with Crippen LogP contribution in [0.2, 0.25) is 0 Å². The number of hydrogen-bond donors (Lipinski definition) is 3. The van der Waals surface area contributed by atoms with Crippen LogP contribution in [0.4, 0.5) is 4.79 Å². The molecule has 0 saturated heterocycles. The molecule has 0 spiro atoms. The Balaban J connectivity index is 1.79.